The summed E-state index contributed by atoms with van der Waals surface area (Å²) in [5.74, 6) is 2.10. The molecule has 1 nitrogen and oxygen atoms in total. The zero-order chi connectivity index (χ0) is 10.1. The Morgan fingerprint density at radius 1 is 1.08 bits per heavy atom. The average molecular weight is 203 g/mol. The highest BCUT2D eigenvalue weighted by molar-refractivity contribution is 7.99. The monoisotopic (exact) mass is 203 g/mol. The van der Waals surface area contributed by atoms with E-state index in [1.165, 1.54) is 25.1 Å². The molecule has 0 rings (SSSR count). The second-order valence-electron chi connectivity index (χ2n) is 4.22. The van der Waals surface area contributed by atoms with Crippen molar-refractivity contribution in [3.8, 4) is 0 Å². The van der Waals surface area contributed by atoms with Gasteiger partial charge in [-0.05, 0) is 42.9 Å². The lowest BCUT2D eigenvalue weighted by Crippen LogP contribution is -2.20. The van der Waals surface area contributed by atoms with E-state index in [1.54, 1.807) is 0 Å². The Balaban J connectivity index is 2.92. The first-order valence-corrected chi connectivity index (χ1v) is 6.50. The van der Waals surface area contributed by atoms with Gasteiger partial charge >= 0.3 is 0 Å². The number of nitrogens with one attached hydrogen (secondary N) is 1. The van der Waals surface area contributed by atoms with Crippen molar-refractivity contribution in [2.75, 3.05) is 18.8 Å². The number of hydrogen-bond donors (Lipinski definition) is 1. The van der Waals surface area contributed by atoms with Gasteiger partial charge in [0, 0.05) is 0 Å². The second-order valence-corrected chi connectivity index (χ2v) is 5.91. The van der Waals surface area contributed by atoms with Crippen LogP contribution in [0.1, 0.15) is 40.5 Å². The fraction of sp³-hybridized carbons (Fsp3) is 1.00. The Kier molecular flexibility index (Phi) is 9.10. The van der Waals surface area contributed by atoms with Crippen LogP contribution in [0.25, 0.3) is 0 Å². The molecule has 0 atom stereocenters. The molecule has 0 spiro atoms. The summed E-state index contributed by atoms with van der Waals surface area (Å²) in [4.78, 5) is 0. The Hall–Kier alpha value is 0.310. The van der Waals surface area contributed by atoms with Crippen molar-refractivity contribution in [1.82, 2.24) is 5.32 Å². The number of hydrogen-bond acceptors (Lipinski definition) is 2. The molecule has 0 aliphatic rings. The van der Waals surface area contributed by atoms with Crippen molar-refractivity contribution >= 4 is 11.8 Å². The van der Waals surface area contributed by atoms with Gasteiger partial charge in [0.2, 0.25) is 0 Å². The van der Waals surface area contributed by atoms with Gasteiger partial charge in [-0.25, -0.2) is 0 Å². The molecule has 0 aromatic rings. The topological polar surface area (TPSA) is 12.0 Å². The largest absolute Gasteiger partial charge is 0.316 e. The molecule has 0 heterocycles. The van der Waals surface area contributed by atoms with Crippen molar-refractivity contribution in [2.45, 2.75) is 45.8 Å². The van der Waals surface area contributed by atoms with Gasteiger partial charge in [0.05, 0.1) is 0 Å². The highest BCUT2D eigenvalue weighted by Gasteiger charge is 1.95. The molecule has 0 saturated heterocycles. The molecule has 0 bridgehead atoms. The minimum Gasteiger partial charge on any atom is -0.316 e. The summed E-state index contributed by atoms with van der Waals surface area (Å²) in [6, 6.07) is 0. The van der Waals surface area contributed by atoms with E-state index in [2.05, 4.69) is 44.8 Å². The summed E-state index contributed by atoms with van der Waals surface area (Å²) in [7, 11) is 0. The van der Waals surface area contributed by atoms with Crippen LogP contribution in [0, 0.1) is 5.92 Å². The van der Waals surface area contributed by atoms with Gasteiger partial charge in [0.25, 0.3) is 0 Å². The lowest BCUT2D eigenvalue weighted by molar-refractivity contribution is 0.541. The first-order valence-electron chi connectivity index (χ1n) is 5.45. The zero-order valence-electron chi connectivity index (χ0n) is 9.60. The van der Waals surface area contributed by atoms with Crippen LogP contribution in [0.3, 0.4) is 0 Å². The highest BCUT2D eigenvalue weighted by Crippen LogP contribution is 2.10. The molecule has 0 aromatic heterocycles. The Morgan fingerprint density at radius 2 is 1.77 bits per heavy atom. The van der Waals surface area contributed by atoms with Crippen LogP contribution in [0.4, 0.5) is 0 Å². The van der Waals surface area contributed by atoms with E-state index in [9.17, 15) is 0 Å². The number of unbranched alkanes of at least 4 members (excludes halogenated alkanes) is 1. The van der Waals surface area contributed by atoms with E-state index in [4.69, 9.17) is 0 Å². The van der Waals surface area contributed by atoms with Crippen LogP contribution >= 0.6 is 11.8 Å². The molecule has 13 heavy (non-hydrogen) atoms. The van der Waals surface area contributed by atoms with Crippen LogP contribution in [0.5, 0.6) is 0 Å². The molecule has 1 N–H and O–H groups in total. The molecule has 2 heteroatoms. The van der Waals surface area contributed by atoms with Gasteiger partial charge in [-0.15, -0.1) is 0 Å². The minimum absolute atomic E-state index is 0.782. The Morgan fingerprint density at radius 3 is 2.31 bits per heavy atom. The zero-order valence-corrected chi connectivity index (χ0v) is 10.4. The fourth-order valence-electron chi connectivity index (χ4n) is 1.06. The lowest BCUT2D eigenvalue weighted by atomic mass is 10.2. The summed E-state index contributed by atoms with van der Waals surface area (Å²) < 4.78 is 0. The van der Waals surface area contributed by atoms with Crippen LogP contribution in [-0.4, -0.2) is 24.1 Å². The normalized spacial score (nSPS) is 11.5. The van der Waals surface area contributed by atoms with Crippen molar-refractivity contribution < 1.29 is 0 Å². The van der Waals surface area contributed by atoms with Crippen molar-refractivity contribution in [3.05, 3.63) is 0 Å². The highest BCUT2D eigenvalue weighted by atomic mass is 32.2. The van der Waals surface area contributed by atoms with Crippen LogP contribution in [0.2, 0.25) is 0 Å². The van der Waals surface area contributed by atoms with Crippen molar-refractivity contribution in [2.24, 2.45) is 5.92 Å². The second kappa shape index (κ2) is 8.89. The molecule has 0 fully saturated rings. The standard InChI is InChI=1S/C11H25NS/c1-10(2)9-12-7-5-6-8-13-11(3)4/h10-12H,5-9H2,1-4H3. The summed E-state index contributed by atoms with van der Waals surface area (Å²) in [6.07, 6.45) is 2.68. The van der Waals surface area contributed by atoms with Crippen molar-refractivity contribution in [3.63, 3.8) is 0 Å². The predicted molar refractivity (Wildman–Crippen MR) is 64.5 cm³/mol. The SMILES string of the molecule is CC(C)CNCCCCSC(C)C. The first-order chi connectivity index (χ1) is 6.13. The summed E-state index contributed by atoms with van der Waals surface area (Å²) >= 11 is 2.07. The fourth-order valence-corrected chi connectivity index (χ4v) is 1.90. The number of rotatable bonds is 8. The molecular weight excluding hydrogens is 178 g/mol. The molecule has 0 aromatic carbocycles. The lowest BCUT2D eigenvalue weighted by Gasteiger charge is -2.07. The quantitative estimate of drug-likeness (QED) is 0.608. The molecule has 0 unspecified atom stereocenters. The molecular formula is C11H25NS. The van der Waals surface area contributed by atoms with E-state index in [1.807, 2.05) is 0 Å². The van der Waals surface area contributed by atoms with E-state index in [0.29, 0.717) is 0 Å². The summed E-state index contributed by atoms with van der Waals surface area (Å²) in [5, 5.41) is 4.26. The molecule has 0 aliphatic heterocycles. The number of thioether (sulfide) groups is 1. The molecule has 80 valence electrons. The summed E-state index contributed by atoms with van der Waals surface area (Å²) in [5.41, 5.74) is 0. The minimum atomic E-state index is 0.782. The van der Waals surface area contributed by atoms with Crippen LogP contribution in [0.15, 0.2) is 0 Å². The molecule has 0 amide bonds. The molecule has 0 saturated carbocycles. The van der Waals surface area contributed by atoms with E-state index in [0.717, 1.165) is 17.7 Å². The van der Waals surface area contributed by atoms with E-state index < -0.39 is 0 Å². The Bertz CT molecular complexity index is 90.3. The van der Waals surface area contributed by atoms with E-state index in [-0.39, 0.29) is 0 Å². The van der Waals surface area contributed by atoms with Gasteiger partial charge in [-0.3, -0.25) is 0 Å². The van der Waals surface area contributed by atoms with Gasteiger partial charge in [-0.1, -0.05) is 27.7 Å². The maximum Gasteiger partial charge on any atom is -0.000968 e. The molecule has 0 aliphatic carbocycles. The molecule has 0 radical (unpaired) electrons. The van der Waals surface area contributed by atoms with Crippen LogP contribution in [-0.2, 0) is 0 Å². The smallest absolute Gasteiger partial charge is 0.000968 e. The van der Waals surface area contributed by atoms with Gasteiger partial charge in [-0.2, -0.15) is 11.8 Å². The first kappa shape index (κ1) is 13.3. The summed E-state index contributed by atoms with van der Waals surface area (Å²) in [6.45, 7) is 11.4. The average Bonchev–Trinajstić information content (AvgIpc) is 2.01. The predicted octanol–water partition coefficient (Wildman–Crippen LogP) is 3.15. The maximum atomic E-state index is 3.46. The van der Waals surface area contributed by atoms with Gasteiger partial charge < -0.3 is 5.32 Å². The Labute approximate surface area is 88.1 Å². The van der Waals surface area contributed by atoms with Crippen molar-refractivity contribution in [1.29, 1.82) is 0 Å². The maximum absolute atomic E-state index is 3.46. The third-order valence-electron chi connectivity index (χ3n) is 1.75. The van der Waals surface area contributed by atoms with Gasteiger partial charge in [0.15, 0.2) is 0 Å². The third kappa shape index (κ3) is 12.3. The van der Waals surface area contributed by atoms with Gasteiger partial charge in [0.1, 0.15) is 0 Å². The third-order valence-corrected chi connectivity index (χ3v) is 2.94. The van der Waals surface area contributed by atoms with E-state index >= 15 is 0 Å². The van der Waals surface area contributed by atoms with Crippen LogP contribution < -0.4 is 5.32 Å².